The van der Waals surface area contributed by atoms with Crippen molar-refractivity contribution >= 4 is 10.9 Å². The first kappa shape index (κ1) is 14.3. The van der Waals surface area contributed by atoms with Gasteiger partial charge in [0.2, 0.25) is 5.88 Å². The van der Waals surface area contributed by atoms with Crippen LogP contribution < -0.4 is 10.5 Å². The molecule has 0 radical (unpaired) electrons. The quantitative estimate of drug-likeness (QED) is 0.938. The monoisotopic (exact) mass is 286 g/mol. The maximum atomic E-state index is 6.15. The number of nitrogens with zero attached hydrogens (tertiary/aromatic N) is 1. The molecule has 1 heterocycles. The lowest BCUT2D eigenvalue weighted by atomic mass is 9.95. The average molecular weight is 286 g/mol. The Kier molecular flexibility index (Phi) is 4.36. The Labute approximate surface area is 125 Å². The van der Waals surface area contributed by atoms with Crippen molar-refractivity contribution in [2.45, 2.75) is 44.4 Å². The molecule has 1 fully saturated rings. The van der Waals surface area contributed by atoms with Gasteiger partial charge in [0, 0.05) is 31.0 Å². The predicted molar refractivity (Wildman–Crippen MR) is 83.3 cm³/mol. The maximum absolute atomic E-state index is 6.15. The second kappa shape index (κ2) is 6.41. The Morgan fingerprint density at radius 3 is 2.86 bits per heavy atom. The summed E-state index contributed by atoms with van der Waals surface area (Å²) in [6, 6.07) is 10.1. The van der Waals surface area contributed by atoms with Crippen LogP contribution in [0.1, 0.15) is 31.2 Å². The molecule has 1 aromatic carbocycles. The Balaban J connectivity index is 1.85. The summed E-state index contributed by atoms with van der Waals surface area (Å²) in [5.74, 6) is 0.679. The topological polar surface area (TPSA) is 57.4 Å². The van der Waals surface area contributed by atoms with E-state index in [0.717, 1.165) is 42.1 Å². The van der Waals surface area contributed by atoms with E-state index in [1.165, 1.54) is 0 Å². The molecule has 2 unspecified atom stereocenters. The highest BCUT2D eigenvalue weighted by Gasteiger charge is 2.24. The van der Waals surface area contributed by atoms with Gasteiger partial charge in [-0.3, -0.25) is 0 Å². The fraction of sp³-hybridized carbons (Fsp3) is 0.471. The molecular formula is C17H22N2O2. The molecule has 0 spiro atoms. The molecule has 2 atom stereocenters. The molecule has 2 aromatic rings. The number of hydrogen-bond acceptors (Lipinski definition) is 4. The molecule has 1 aliphatic rings. The summed E-state index contributed by atoms with van der Waals surface area (Å²) in [4.78, 5) is 4.65. The third kappa shape index (κ3) is 3.17. The molecule has 1 aliphatic carbocycles. The van der Waals surface area contributed by atoms with Crippen molar-refractivity contribution in [3.63, 3.8) is 0 Å². The van der Waals surface area contributed by atoms with Gasteiger partial charge in [-0.25, -0.2) is 4.98 Å². The van der Waals surface area contributed by atoms with Gasteiger partial charge >= 0.3 is 0 Å². The Hall–Kier alpha value is -1.65. The van der Waals surface area contributed by atoms with Crippen LogP contribution in [0.2, 0.25) is 0 Å². The van der Waals surface area contributed by atoms with E-state index in [1.54, 1.807) is 7.11 Å². The zero-order valence-electron chi connectivity index (χ0n) is 12.4. The molecule has 4 heteroatoms. The van der Waals surface area contributed by atoms with Crippen molar-refractivity contribution in [1.29, 1.82) is 0 Å². The zero-order chi connectivity index (χ0) is 14.7. The largest absolute Gasteiger partial charge is 0.474 e. The van der Waals surface area contributed by atoms with Crippen molar-refractivity contribution in [2.24, 2.45) is 5.73 Å². The number of para-hydroxylation sites is 1. The first-order valence-corrected chi connectivity index (χ1v) is 7.58. The van der Waals surface area contributed by atoms with Crippen molar-refractivity contribution in [2.75, 3.05) is 7.11 Å². The average Bonchev–Trinajstić information content (AvgIpc) is 2.54. The fourth-order valence-corrected chi connectivity index (χ4v) is 2.97. The van der Waals surface area contributed by atoms with Crippen LogP contribution in [-0.4, -0.2) is 24.3 Å². The predicted octanol–water partition coefficient (Wildman–Crippen LogP) is 3.03. The van der Waals surface area contributed by atoms with Gasteiger partial charge in [0.25, 0.3) is 0 Å². The Bertz CT molecular complexity index is 615. The number of hydrogen-bond donors (Lipinski definition) is 1. The molecule has 0 bridgehead atoms. The highest BCUT2D eigenvalue weighted by atomic mass is 16.5. The lowest BCUT2D eigenvalue weighted by Gasteiger charge is -2.28. The number of pyridine rings is 1. The summed E-state index contributed by atoms with van der Waals surface area (Å²) >= 11 is 0. The minimum absolute atomic E-state index is 0.169. The normalized spacial score (nSPS) is 22.4. The van der Waals surface area contributed by atoms with Crippen LogP contribution in [0.3, 0.4) is 0 Å². The first-order chi connectivity index (χ1) is 10.3. The van der Waals surface area contributed by atoms with Crippen molar-refractivity contribution in [3.8, 4) is 5.88 Å². The molecule has 4 nitrogen and oxygen atoms in total. The van der Waals surface area contributed by atoms with Gasteiger partial charge in [-0.15, -0.1) is 0 Å². The molecule has 21 heavy (non-hydrogen) atoms. The van der Waals surface area contributed by atoms with Crippen LogP contribution in [0, 0.1) is 0 Å². The van der Waals surface area contributed by atoms with E-state index in [0.29, 0.717) is 18.5 Å². The molecule has 1 saturated carbocycles. The summed E-state index contributed by atoms with van der Waals surface area (Å²) < 4.78 is 11.6. The third-order valence-electron chi connectivity index (χ3n) is 4.17. The number of fused-ring (bicyclic) bond motifs is 1. The molecule has 112 valence electrons. The van der Waals surface area contributed by atoms with E-state index in [-0.39, 0.29) is 6.10 Å². The smallest absolute Gasteiger partial charge is 0.218 e. The van der Waals surface area contributed by atoms with Crippen molar-refractivity contribution in [1.82, 2.24) is 4.98 Å². The van der Waals surface area contributed by atoms with Gasteiger partial charge in [-0.1, -0.05) is 18.2 Å². The molecule has 3 rings (SSSR count). The standard InChI is InChI=1S/C17H22N2O2/c1-20-14-6-4-7-15(10-14)21-17-13(11-18)9-12-5-2-3-8-16(12)19-17/h2-3,5,8-9,14-15H,4,6-7,10-11,18H2,1H3. The van der Waals surface area contributed by atoms with Crippen molar-refractivity contribution < 1.29 is 9.47 Å². The number of nitrogens with two attached hydrogens (primary N) is 1. The second-order valence-electron chi connectivity index (χ2n) is 5.61. The van der Waals surface area contributed by atoms with Crippen LogP contribution >= 0.6 is 0 Å². The number of aromatic nitrogens is 1. The van der Waals surface area contributed by atoms with Gasteiger partial charge in [0.15, 0.2) is 0 Å². The molecular weight excluding hydrogens is 264 g/mol. The Morgan fingerprint density at radius 1 is 1.24 bits per heavy atom. The SMILES string of the molecule is COC1CCCC(Oc2nc3ccccc3cc2CN)C1. The van der Waals surface area contributed by atoms with Crippen LogP contribution in [0.15, 0.2) is 30.3 Å². The first-order valence-electron chi connectivity index (χ1n) is 7.58. The molecule has 0 aliphatic heterocycles. The van der Waals surface area contributed by atoms with E-state index < -0.39 is 0 Å². The molecule has 0 amide bonds. The van der Waals surface area contributed by atoms with E-state index >= 15 is 0 Å². The summed E-state index contributed by atoms with van der Waals surface area (Å²) in [5.41, 5.74) is 7.77. The highest BCUT2D eigenvalue weighted by Crippen LogP contribution is 2.28. The minimum Gasteiger partial charge on any atom is -0.474 e. The van der Waals surface area contributed by atoms with Crippen molar-refractivity contribution in [3.05, 3.63) is 35.9 Å². The number of methoxy groups -OCH3 is 1. The number of rotatable bonds is 4. The van der Waals surface area contributed by atoms with Crippen LogP contribution in [0.4, 0.5) is 0 Å². The van der Waals surface area contributed by atoms with E-state index in [4.69, 9.17) is 15.2 Å². The fourth-order valence-electron chi connectivity index (χ4n) is 2.97. The zero-order valence-corrected chi connectivity index (χ0v) is 12.4. The highest BCUT2D eigenvalue weighted by molar-refractivity contribution is 5.80. The van der Waals surface area contributed by atoms with Gasteiger partial charge in [0.1, 0.15) is 6.10 Å². The maximum Gasteiger partial charge on any atom is 0.218 e. The molecule has 0 saturated heterocycles. The lowest BCUT2D eigenvalue weighted by Crippen LogP contribution is -2.30. The van der Waals surface area contributed by atoms with Gasteiger partial charge < -0.3 is 15.2 Å². The summed E-state index contributed by atoms with van der Waals surface area (Å²) in [7, 11) is 1.77. The van der Waals surface area contributed by atoms with Crippen LogP contribution in [-0.2, 0) is 11.3 Å². The minimum atomic E-state index is 0.169. The van der Waals surface area contributed by atoms with E-state index in [9.17, 15) is 0 Å². The van der Waals surface area contributed by atoms with Gasteiger partial charge in [0.05, 0.1) is 11.6 Å². The third-order valence-corrected chi connectivity index (χ3v) is 4.17. The summed E-state index contributed by atoms with van der Waals surface area (Å²) in [6.07, 6.45) is 4.70. The molecule has 1 aromatic heterocycles. The lowest BCUT2D eigenvalue weighted by molar-refractivity contribution is 0.0193. The number of benzene rings is 1. The Morgan fingerprint density at radius 2 is 2.05 bits per heavy atom. The molecule has 2 N–H and O–H groups in total. The summed E-state index contributed by atoms with van der Waals surface area (Å²) in [5, 5.41) is 1.10. The van der Waals surface area contributed by atoms with Gasteiger partial charge in [-0.05, 0) is 31.4 Å². The van der Waals surface area contributed by atoms with Crippen LogP contribution in [0.5, 0.6) is 5.88 Å². The van der Waals surface area contributed by atoms with Crippen LogP contribution in [0.25, 0.3) is 10.9 Å². The second-order valence-corrected chi connectivity index (χ2v) is 5.61. The number of ether oxygens (including phenoxy) is 2. The van der Waals surface area contributed by atoms with E-state index in [2.05, 4.69) is 11.1 Å². The van der Waals surface area contributed by atoms with E-state index in [1.807, 2.05) is 24.3 Å². The van der Waals surface area contributed by atoms with Gasteiger partial charge in [-0.2, -0.15) is 0 Å². The summed E-state index contributed by atoms with van der Waals surface area (Å²) in [6.45, 7) is 0.438.